The number of hydrogen-bond donors (Lipinski definition) is 2. The normalized spacial score (nSPS) is 19.8. The van der Waals surface area contributed by atoms with E-state index in [1.165, 1.54) is 19.4 Å². The van der Waals surface area contributed by atoms with Crippen LogP contribution in [0.15, 0.2) is 48.7 Å². The summed E-state index contributed by atoms with van der Waals surface area (Å²) in [6.45, 7) is 0.220. The van der Waals surface area contributed by atoms with E-state index in [0.717, 1.165) is 19.3 Å². The fourth-order valence-electron chi connectivity index (χ4n) is 4.49. The van der Waals surface area contributed by atoms with E-state index in [-0.39, 0.29) is 24.1 Å². The number of pyridine rings is 2. The molecule has 1 amide bonds. The molecule has 32 heavy (non-hydrogen) atoms. The average molecular weight is 434 g/mol. The molecule has 0 unspecified atom stereocenters. The first-order valence-corrected chi connectivity index (χ1v) is 10.6. The van der Waals surface area contributed by atoms with E-state index in [1.54, 1.807) is 29.2 Å². The van der Waals surface area contributed by atoms with Crippen molar-refractivity contribution in [2.75, 3.05) is 17.3 Å². The predicted molar refractivity (Wildman–Crippen MR) is 118 cm³/mol. The lowest BCUT2D eigenvalue weighted by Crippen LogP contribution is -2.29. The molecule has 2 atom stereocenters. The summed E-state index contributed by atoms with van der Waals surface area (Å²) in [5, 5.41) is 13.4. The average Bonchev–Trinajstić information content (AvgIpc) is 3.36. The van der Waals surface area contributed by atoms with Crippen LogP contribution in [0, 0.1) is 5.82 Å². The van der Waals surface area contributed by atoms with E-state index in [0.29, 0.717) is 34.2 Å². The molecule has 1 aliphatic carbocycles. The molecule has 0 saturated heterocycles. The van der Waals surface area contributed by atoms with Crippen LogP contribution < -0.4 is 15.0 Å². The number of anilines is 2. The number of halogens is 1. The number of rotatable bonds is 5. The molecule has 3 heterocycles. The zero-order valence-corrected chi connectivity index (χ0v) is 17.6. The molecule has 5 rings (SSSR count). The van der Waals surface area contributed by atoms with Crippen molar-refractivity contribution in [3.8, 4) is 17.0 Å². The summed E-state index contributed by atoms with van der Waals surface area (Å²) in [6.07, 6.45) is 3.72. The van der Waals surface area contributed by atoms with Crippen LogP contribution in [0.25, 0.3) is 11.3 Å². The molecule has 3 aromatic rings. The first kappa shape index (κ1) is 20.4. The summed E-state index contributed by atoms with van der Waals surface area (Å²) < 4.78 is 20.1. The van der Waals surface area contributed by atoms with Gasteiger partial charge in [-0.15, -0.1) is 0 Å². The molecule has 0 bridgehead atoms. The highest BCUT2D eigenvalue weighted by Gasteiger charge is 2.34. The standard InChI is InChI=1S/C24H23FN4O3/c1-32-19-8-2-5-16(25)22(19)23-15-13-29(24(31)14(15)11-12-26-23)21-10-4-9-20(28-21)27-17-6-3-7-18(17)30/h2,4-5,8-12,17-18,30H,3,6-7,13H2,1H3,(H,27,28)/t17-,18-/m0/s1. The van der Waals surface area contributed by atoms with E-state index >= 15 is 0 Å². The first-order chi connectivity index (χ1) is 15.6. The summed E-state index contributed by atoms with van der Waals surface area (Å²) in [5.74, 6) is 0.762. The van der Waals surface area contributed by atoms with E-state index in [4.69, 9.17) is 4.74 Å². The number of benzene rings is 1. The molecule has 0 spiro atoms. The van der Waals surface area contributed by atoms with Crippen molar-refractivity contribution in [1.29, 1.82) is 0 Å². The molecule has 8 heteroatoms. The molecule has 0 radical (unpaired) electrons. The minimum absolute atomic E-state index is 0.0476. The fraction of sp³-hybridized carbons (Fsp3) is 0.292. The minimum Gasteiger partial charge on any atom is -0.496 e. The van der Waals surface area contributed by atoms with Crippen LogP contribution in [0.2, 0.25) is 0 Å². The largest absolute Gasteiger partial charge is 0.496 e. The van der Waals surface area contributed by atoms with Crippen molar-refractivity contribution in [2.24, 2.45) is 0 Å². The number of aliphatic hydroxyl groups is 1. The van der Waals surface area contributed by atoms with Crippen molar-refractivity contribution in [3.63, 3.8) is 0 Å². The first-order valence-electron chi connectivity index (χ1n) is 10.6. The monoisotopic (exact) mass is 434 g/mol. The fourth-order valence-corrected chi connectivity index (χ4v) is 4.49. The zero-order chi connectivity index (χ0) is 22.2. The number of methoxy groups -OCH3 is 1. The Bertz CT molecular complexity index is 1190. The summed E-state index contributed by atoms with van der Waals surface area (Å²) in [4.78, 5) is 23.7. The summed E-state index contributed by atoms with van der Waals surface area (Å²) in [5.41, 5.74) is 1.72. The van der Waals surface area contributed by atoms with Crippen LogP contribution in [0.1, 0.15) is 35.2 Å². The van der Waals surface area contributed by atoms with Crippen LogP contribution in [0.5, 0.6) is 5.75 Å². The van der Waals surface area contributed by atoms with Gasteiger partial charge in [-0.05, 0) is 49.6 Å². The molecular weight excluding hydrogens is 411 g/mol. The highest BCUT2D eigenvalue weighted by molar-refractivity contribution is 6.10. The van der Waals surface area contributed by atoms with Crippen molar-refractivity contribution in [1.82, 2.24) is 9.97 Å². The summed E-state index contributed by atoms with van der Waals surface area (Å²) in [7, 11) is 1.47. The van der Waals surface area contributed by atoms with Crippen LogP contribution in [0.3, 0.4) is 0 Å². The number of aliphatic hydroxyl groups excluding tert-OH is 1. The van der Waals surface area contributed by atoms with Crippen molar-refractivity contribution in [2.45, 2.75) is 38.0 Å². The maximum absolute atomic E-state index is 14.7. The third kappa shape index (κ3) is 3.46. The van der Waals surface area contributed by atoms with E-state index in [2.05, 4.69) is 15.3 Å². The van der Waals surface area contributed by atoms with Crippen LogP contribution in [-0.2, 0) is 6.54 Å². The van der Waals surface area contributed by atoms with E-state index in [9.17, 15) is 14.3 Å². The quantitative estimate of drug-likeness (QED) is 0.636. The highest BCUT2D eigenvalue weighted by atomic mass is 19.1. The molecule has 2 aliphatic rings. The Hall–Kier alpha value is -3.52. The van der Waals surface area contributed by atoms with Gasteiger partial charge in [0.15, 0.2) is 0 Å². The molecular formula is C24H23FN4O3. The number of nitrogens with one attached hydrogen (secondary N) is 1. The molecule has 1 aliphatic heterocycles. The minimum atomic E-state index is -0.462. The van der Waals surface area contributed by atoms with Gasteiger partial charge in [-0.1, -0.05) is 12.1 Å². The highest BCUT2D eigenvalue weighted by Crippen LogP contribution is 2.38. The van der Waals surface area contributed by atoms with E-state index in [1.807, 2.05) is 12.1 Å². The van der Waals surface area contributed by atoms with Crippen molar-refractivity contribution < 1.29 is 19.0 Å². The molecule has 1 saturated carbocycles. The van der Waals surface area contributed by atoms with Crippen molar-refractivity contribution in [3.05, 3.63) is 65.6 Å². The molecule has 2 N–H and O–H groups in total. The lowest BCUT2D eigenvalue weighted by molar-refractivity contribution is 0.0996. The van der Waals surface area contributed by atoms with Gasteiger partial charge in [-0.2, -0.15) is 0 Å². The number of hydrogen-bond acceptors (Lipinski definition) is 6. The SMILES string of the molecule is COc1cccc(F)c1-c1nccc2c1CN(c1cccc(N[C@H]3CCC[C@@H]3O)n1)C2=O. The molecule has 164 valence electrons. The lowest BCUT2D eigenvalue weighted by atomic mass is 10.0. The molecule has 1 aromatic carbocycles. The zero-order valence-electron chi connectivity index (χ0n) is 17.6. The number of aromatic nitrogens is 2. The van der Waals surface area contributed by atoms with Crippen LogP contribution in [-0.4, -0.2) is 40.2 Å². The third-order valence-electron chi connectivity index (χ3n) is 6.10. The van der Waals surface area contributed by atoms with Crippen LogP contribution in [0.4, 0.5) is 16.0 Å². The van der Waals surface area contributed by atoms with Gasteiger partial charge in [0, 0.05) is 17.3 Å². The smallest absolute Gasteiger partial charge is 0.260 e. The number of fused-ring (bicyclic) bond motifs is 1. The van der Waals surface area contributed by atoms with Gasteiger partial charge in [-0.25, -0.2) is 9.37 Å². The molecule has 7 nitrogen and oxygen atoms in total. The van der Waals surface area contributed by atoms with Crippen molar-refractivity contribution >= 4 is 17.5 Å². The van der Waals surface area contributed by atoms with Gasteiger partial charge in [0.25, 0.3) is 5.91 Å². The number of ether oxygens (including phenoxy) is 1. The van der Waals surface area contributed by atoms with E-state index < -0.39 is 11.9 Å². The van der Waals surface area contributed by atoms with Gasteiger partial charge < -0.3 is 15.2 Å². The van der Waals surface area contributed by atoms with Gasteiger partial charge >= 0.3 is 0 Å². The topological polar surface area (TPSA) is 87.6 Å². The molecule has 2 aromatic heterocycles. The Balaban J connectivity index is 1.48. The Morgan fingerprint density at radius 2 is 2.03 bits per heavy atom. The second-order valence-corrected chi connectivity index (χ2v) is 8.02. The van der Waals surface area contributed by atoms with Crippen LogP contribution >= 0.6 is 0 Å². The van der Waals surface area contributed by atoms with Gasteiger partial charge in [0.1, 0.15) is 23.2 Å². The Morgan fingerprint density at radius 1 is 1.19 bits per heavy atom. The predicted octanol–water partition coefficient (Wildman–Crippen LogP) is 3.78. The number of nitrogens with zero attached hydrogens (tertiary/aromatic N) is 3. The van der Waals surface area contributed by atoms with Gasteiger partial charge in [0.2, 0.25) is 0 Å². The number of amides is 1. The second kappa shape index (κ2) is 8.20. The maximum Gasteiger partial charge on any atom is 0.260 e. The van der Waals surface area contributed by atoms with Gasteiger partial charge in [-0.3, -0.25) is 14.7 Å². The molecule has 1 fully saturated rings. The van der Waals surface area contributed by atoms with Gasteiger partial charge in [0.05, 0.1) is 37.1 Å². The third-order valence-corrected chi connectivity index (χ3v) is 6.10. The summed E-state index contributed by atoms with van der Waals surface area (Å²) >= 11 is 0. The number of carbonyl (C=O) groups excluding carboxylic acids is 1. The summed E-state index contributed by atoms with van der Waals surface area (Å²) in [6, 6.07) is 11.6. The Morgan fingerprint density at radius 3 is 2.81 bits per heavy atom. The number of carbonyl (C=O) groups is 1. The second-order valence-electron chi connectivity index (χ2n) is 8.02. The Kier molecular flexibility index (Phi) is 5.22. The lowest BCUT2D eigenvalue weighted by Gasteiger charge is -2.19. The maximum atomic E-state index is 14.7. The Labute approximate surface area is 184 Å².